The molecule has 4 aromatic rings. The van der Waals surface area contributed by atoms with Crippen LogP contribution in [-0.2, 0) is 6.54 Å². The first-order chi connectivity index (χ1) is 17.1. The zero-order valence-electron chi connectivity index (χ0n) is 19.7. The van der Waals surface area contributed by atoms with Gasteiger partial charge in [0.2, 0.25) is 5.88 Å². The largest absolute Gasteiger partial charge is 0.439 e. The number of nitrogens with one attached hydrogen (secondary N) is 1. The normalized spacial score (nSPS) is 10.6. The summed E-state index contributed by atoms with van der Waals surface area (Å²) >= 11 is 0. The minimum Gasteiger partial charge on any atom is -0.439 e. The molecular weight excluding hydrogens is 443 g/mol. The second kappa shape index (κ2) is 11.2. The van der Waals surface area contributed by atoms with Gasteiger partial charge in [0.1, 0.15) is 17.9 Å². The second-order valence-corrected chi connectivity index (χ2v) is 7.90. The van der Waals surface area contributed by atoms with Crippen LogP contribution in [0, 0.1) is 5.82 Å². The van der Waals surface area contributed by atoms with Crippen LogP contribution in [0.5, 0.6) is 11.6 Å². The zero-order valence-corrected chi connectivity index (χ0v) is 19.7. The monoisotopic (exact) mass is 470 g/mol. The van der Waals surface area contributed by atoms with Crippen LogP contribution in [0.25, 0.3) is 11.3 Å². The molecule has 0 bridgehead atoms. The standard InChI is InChI=1S/C28H27FN4O2/c1-3-33(4-2)24-14-8-20(9-15-24)18-30-28(34)22-6-5-7-25(16-22)35-27-17-26(31-19-32-27)21-10-12-23(29)13-11-21/h5-17,19H,3-4,18H2,1-2H3,(H,30,34). The Morgan fingerprint density at radius 2 is 1.69 bits per heavy atom. The molecule has 7 heteroatoms. The van der Waals surface area contributed by atoms with Crippen LogP contribution in [0.4, 0.5) is 10.1 Å². The van der Waals surface area contributed by atoms with E-state index in [1.54, 1.807) is 42.5 Å². The molecular formula is C28H27FN4O2. The van der Waals surface area contributed by atoms with E-state index >= 15 is 0 Å². The number of aromatic nitrogens is 2. The van der Waals surface area contributed by atoms with Crippen molar-refractivity contribution in [3.63, 3.8) is 0 Å². The van der Waals surface area contributed by atoms with Crippen molar-refractivity contribution in [2.75, 3.05) is 18.0 Å². The molecule has 0 atom stereocenters. The maximum atomic E-state index is 13.2. The van der Waals surface area contributed by atoms with E-state index in [2.05, 4.69) is 46.2 Å². The number of hydrogen-bond donors (Lipinski definition) is 1. The van der Waals surface area contributed by atoms with Crippen LogP contribution in [0.2, 0.25) is 0 Å². The van der Waals surface area contributed by atoms with Crippen LogP contribution >= 0.6 is 0 Å². The topological polar surface area (TPSA) is 67.4 Å². The fraction of sp³-hybridized carbons (Fsp3) is 0.179. The number of anilines is 1. The Balaban J connectivity index is 1.39. The molecule has 0 saturated carbocycles. The number of ether oxygens (including phenoxy) is 1. The summed E-state index contributed by atoms with van der Waals surface area (Å²) in [5.74, 6) is 0.291. The van der Waals surface area contributed by atoms with Gasteiger partial charge in [-0.25, -0.2) is 14.4 Å². The lowest BCUT2D eigenvalue weighted by molar-refractivity contribution is 0.0950. The Bertz CT molecular complexity index is 1270. The van der Waals surface area contributed by atoms with E-state index in [0.717, 1.165) is 24.2 Å². The van der Waals surface area contributed by atoms with Gasteiger partial charge in [-0.1, -0.05) is 18.2 Å². The lowest BCUT2D eigenvalue weighted by Gasteiger charge is -2.21. The first kappa shape index (κ1) is 23.9. The Labute approximate surface area is 204 Å². The van der Waals surface area contributed by atoms with Crippen molar-refractivity contribution < 1.29 is 13.9 Å². The average molecular weight is 471 g/mol. The van der Waals surface area contributed by atoms with Gasteiger partial charge in [-0.3, -0.25) is 4.79 Å². The molecule has 0 saturated heterocycles. The molecule has 1 heterocycles. The third-order valence-electron chi connectivity index (χ3n) is 5.62. The summed E-state index contributed by atoms with van der Waals surface area (Å²) in [6.45, 7) is 6.59. The molecule has 178 valence electrons. The van der Waals surface area contributed by atoms with Gasteiger partial charge in [0.05, 0.1) is 5.69 Å². The van der Waals surface area contributed by atoms with E-state index in [1.165, 1.54) is 24.1 Å². The molecule has 0 aliphatic carbocycles. The lowest BCUT2D eigenvalue weighted by Crippen LogP contribution is -2.23. The van der Waals surface area contributed by atoms with Gasteiger partial charge in [-0.15, -0.1) is 0 Å². The van der Waals surface area contributed by atoms with Crippen molar-refractivity contribution in [2.24, 2.45) is 0 Å². The third kappa shape index (κ3) is 6.20. The Morgan fingerprint density at radius 3 is 2.40 bits per heavy atom. The average Bonchev–Trinajstić information content (AvgIpc) is 2.89. The Kier molecular flexibility index (Phi) is 7.67. The van der Waals surface area contributed by atoms with Gasteiger partial charge in [0, 0.05) is 42.5 Å². The molecule has 0 radical (unpaired) electrons. The maximum absolute atomic E-state index is 13.2. The number of benzene rings is 3. The molecule has 3 aromatic carbocycles. The van der Waals surface area contributed by atoms with E-state index < -0.39 is 0 Å². The molecule has 0 unspecified atom stereocenters. The molecule has 1 amide bonds. The highest BCUT2D eigenvalue weighted by Crippen LogP contribution is 2.25. The summed E-state index contributed by atoms with van der Waals surface area (Å²) in [5.41, 5.74) is 4.03. The van der Waals surface area contributed by atoms with Crippen LogP contribution in [0.3, 0.4) is 0 Å². The van der Waals surface area contributed by atoms with Gasteiger partial charge in [0.25, 0.3) is 5.91 Å². The third-order valence-corrected chi connectivity index (χ3v) is 5.62. The summed E-state index contributed by atoms with van der Waals surface area (Å²) in [4.78, 5) is 23.4. The highest BCUT2D eigenvalue weighted by molar-refractivity contribution is 5.94. The van der Waals surface area contributed by atoms with Crippen molar-refractivity contribution in [1.29, 1.82) is 0 Å². The van der Waals surface area contributed by atoms with Crippen LogP contribution < -0.4 is 15.0 Å². The van der Waals surface area contributed by atoms with Crippen molar-refractivity contribution >= 4 is 11.6 Å². The van der Waals surface area contributed by atoms with Crippen molar-refractivity contribution in [3.8, 4) is 22.9 Å². The zero-order chi connectivity index (χ0) is 24.6. The Hall–Kier alpha value is -4.26. The van der Waals surface area contributed by atoms with Gasteiger partial charge < -0.3 is 15.0 Å². The number of rotatable bonds is 9. The lowest BCUT2D eigenvalue weighted by atomic mass is 10.1. The predicted molar refractivity (Wildman–Crippen MR) is 135 cm³/mol. The number of nitrogens with zero attached hydrogens (tertiary/aromatic N) is 3. The van der Waals surface area contributed by atoms with E-state index in [9.17, 15) is 9.18 Å². The maximum Gasteiger partial charge on any atom is 0.251 e. The summed E-state index contributed by atoms with van der Waals surface area (Å²) in [5, 5.41) is 2.95. The molecule has 0 fully saturated rings. The van der Waals surface area contributed by atoms with E-state index in [0.29, 0.717) is 29.4 Å². The van der Waals surface area contributed by atoms with Gasteiger partial charge in [-0.05, 0) is 74.0 Å². The molecule has 0 aliphatic rings. The fourth-order valence-electron chi connectivity index (χ4n) is 3.69. The number of halogens is 1. The molecule has 1 N–H and O–H groups in total. The molecule has 1 aromatic heterocycles. The van der Waals surface area contributed by atoms with Gasteiger partial charge in [-0.2, -0.15) is 0 Å². The smallest absolute Gasteiger partial charge is 0.251 e. The minimum absolute atomic E-state index is 0.196. The first-order valence-corrected chi connectivity index (χ1v) is 11.5. The molecule has 4 rings (SSSR count). The van der Waals surface area contributed by atoms with Crippen LogP contribution in [-0.4, -0.2) is 29.0 Å². The number of carbonyl (C=O) groups excluding carboxylic acids is 1. The van der Waals surface area contributed by atoms with E-state index in [1.807, 2.05) is 12.1 Å². The molecule has 0 aliphatic heterocycles. The van der Waals surface area contributed by atoms with Crippen molar-refractivity contribution in [3.05, 3.63) is 102 Å². The summed E-state index contributed by atoms with van der Waals surface area (Å²) in [6.07, 6.45) is 1.39. The number of hydrogen-bond acceptors (Lipinski definition) is 5. The molecule has 0 spiro atoms. The van der Waals surface area contributed by atoms with E-state index in [-0.39, 0.29) is 11.7 Å². The predicted octanol–water partition coefficient (Wildman–Crippen LogP) is 5.85. The summed E-state index contributed by atoms with van der Waals surface area (Å²) < 4.78 is 19.1. The van der Waals surface area contributed by atoms with Gasteiger partial charge in [0.15, 0.2) is 0 Å². The quantitative estimate of drug-likeness (QED) is 0.332. The second-order valence-electron chi connectivity index (χ2n) is 7.90. The molecule has 35 heavy (non-hydrogen) atoms. The number of amides is 1. The van der Waals surface area contributed by atoms with Crippen LogP contribution in [0.15, 0.2) is 85.2 Å². The summed E-state index contributed by atoms with van der Waals surface area (Å²) in [7, 11) is 0. The van der Waals surface area contributed by atoms with E-state index in [4.69, 9.17) is 4.74 Å². The molecule has 6 nitrogen and oxygen atoms in total. The number of carbonyl (C=O) groups is 1. The Morgan fingerprint density at radius 1 is 0.943 bits per heavy atom. The fourth-order valence-corrected chi connectivity index (χ4v) is 3.69. The highest BCUT2D eigenvalue weighted by Gasteiger charge is 2.09. The minimum atomic E-state index is -0.314. The summed E-state index contributed by atoms with van der Waals surface area (Å²) in [6, 6.07) is 22.8. The highest BCUT2D eigenvalue weighted by atomic mass is 19.1. The van der Waals surface area contributed by atoms with Gasteiger partial charge >= 0.3 is 0 Å². The SMILES string of the molecule is CCN(CC)c1ccc(CNC(=O)c2cccc(Oc3cc(-c4ccc(F)cc4)ncn3)c2)cc1. The first-order valence-electron chi connectivity index (χ1n) is 11.5. The van der Waals surface area contributed by atoms with Crippen molar-refractivity contribution in [1.82, 2.24) is 15.3 Å². The van der Waals surface area contributed by atoms with Crippen LogP contribution in [0.1, 0.15) is 29.8 Å². The van der Waals surface area contributed by atoms with Crippen molar-refractivity contribution in [2.45, 2.75) is 20.4 Å².